The van der Waals surface area contributed by atoms with Crippen LogP contribution < -0.4 is 5.56 Å². The summed E-state index contributed by atoms with van der Waals surface area (Å²) >= 11 is 3.43. The van der Waals surface area contributed by atoms with Crippen molar-refractivity contribution in [3.8, 4) is 5.69 Å². The lowest BCUT2D eigenvalue weighted by Crippen LogP contribution is -2.13. The molecule has 0 saturated heterocycles. The van der Waals surface area contributed by atoms with E-state index in [9.17, 15) is 4.79 Å². The molecule has 0 bridgehead atoms. The van der Waals surface area contributed by atoms with Crippen molar-refractivity contribution in [1.82, 2.24) is 14.5 Å². The summed E-state index contributed by atoms with van der Waals surface area (Å²) in [6.07, 6.45) is 4.61. The number of aromatic amines is 1. The van der Waals surface area contributed by atoms with Gasteiger partial charge in [-0.2, -0.15) is 0 Å². The zero-order chi connectivity index (χ0) is 21.4. The lowest BCUT2D eigenvalue weighted by molar-refractivity contribution is 0.968. The first-order valence-electron chi connectivity index (χ1n) is 10.0. The van der Waals surface area contributed by atoms with Crippen LogP contribution in [-0.4, -0.2) is 14.5 Å². The second-order valence-electron chi connectivity index (χ2n) is 6.07. The molecule has 5 heteroatoms. The molecule has 0 aliphatic rings. The van der Waals surface area contributed by atoms with Gasteiger partial charge >= 0.3 is 0 Å². The first-order valence-corrected chi connectivity index (χ1v) is 10.8. The van der Waals surface area contributed by atoms with Crippen LogP contribution in [0.2, 0.25) is 0 Å². The van der Waals surface area contributed by atoms with Crippen LogP contribution in [0.4, 0.5) is 0 Å². The van der Waals surface area contributed by atoms with Crippen LogP contribution in [0.5, 0.6) is 0 Å². The SMILES string of the molecule is CC.CC.Cc1cc(Br)cc2c(=O)[nH]c(Cc3ccc(-n4cccc4)cc3)nc12. The average molecular weight is 454 g/mol. The highest BCUT2D eigenvalue weighted by molar-refractivity contribution is 9.10. The van der Waals surface area contributed by atoms with Gasteiger partial charge in [0.05, 0.1) is 10.9 Å². The molecule has 2 heterocycles. The number of nitrogens with zero attached hydrogens (tertiary/aromatic N) is 2. The molecule has 4 aromatic rings. The second-order valence-corrected chi connectivity index (χ2v) is 6.98. The summed E-state index contributed by atoms with van der Waals surface area (Å²) in [5, 5.41) is 0.610. The van der Waals surface area contributed by atoms with Gasteiger partial charge in [0.25, 0.3) is 5.56 Å². The summed E-state index contributed by atoms with van der Waals surface area (Å²) in [4.78, 5) is 19.9. The number of nitrogens with one attached hydrogen (secondary N) is 1. The summed E-state index contributed by atoms with van der Waals surface area (Å²) in [7, 11) is 0. The normalized spacial score (nSPS) is 10.0. The van der Waals surface area contributed by atoms with Crippen LogP contribution in [0.15, 0.2) is 70.2 Å². The van der Waals surface area contributed by atoms with Gasteiger partial charge in [0.2, 0.25) is 0 Å². The molecule has 152 valence electrons. The molecule has 0 radical (unpaired) electrons. The van der Waals surface area contributed by atoms with E-state index in [1.165, 1.54) is 0 Å². The number of fused-ring (bicyclic) bond motifs is 1. The van der Waals surface area contributed by atoms with Gasteiger partial charge in [-0.15, -0.1) is 0 Å². The number of aryl methyl sites for hydroxylation is 1. The molecule has 0 aliphatic heterocycles. The predicted octanol–water partition coefficient (Wildman–Crippen LogP) is 6.43. The molecule has 0 atom stereocenters. The van der Waals surface area contributed by atoms with Crippen LogP contribution in [0.25, 0.3) is 16.6 Å². The Hall–Kier alpha value is -2.66. The van der Waals surface area contributed by atoms with Gasteiger partial charge in [0.1, 0.15) is 5.82 Å². The third kappa shape index (κ3) is 5.45. The fraction of sp³-hybridized carbons (Fsp3) is 0.250. The van der Waals surface area contributed by atoms with Gasteiger partial charge in [-0.1, -0.05) is 55.8 Å². The monoisotopic (exact) mass is 453 g/mol. The molecule has 0 fully saturated rings. The second kappa shape index (κ2) is 10.8. The molecule has 0 aliphatic carbocycles. The van der Waals surface area contributed by atoms with Crippen LogP contribution >= 0.6 is 15.9 Å². The molecule has 29 heavy (non-hydrogen) atoms. The fourth-order valence-electron chi connectivity index (χ4n) is 2.99. The Morgan fingerprint density at radius 1 is 1.00 bits per heavy atom. The van der Waals surface area contributed by atoms with Crippen molar-refractivity contribution in [3.63, 3.8) is 0 Å². The Bertz CT molecular complexity index is 1100. The van der Waals surface area contributed by atoms with E-state index in [2.05, 4.69) is 54.7 Å². The molecule has 2 aromatic carbocycles. The molecule has 0 unspecified atom stereocenters. The summed E-state index contributed by atoms with van der Waals surface area (Å²) in [6, 6.07) is 16.0. The van der Waals surface area contributed by atoms with Gasteiger partial charge in [0.15, 0.2) is 0 Å². The van der Waals surface area contributed by atoms with Crippen molar-refractivity contribution in [1.29, 1.82) is 0 Å². The van der Waals surface area contributed by atoms with E-state index < -0.39 is 0 Å². The number of hydrogen-bond acceptors (Lipinski definition) is 2. The maximum Gasteiger partial charge on any atom is 0.258 e. The van der Waals surface area contributed by atoms with Gasteiger partial charge in [0, 0.05) is 29.0 Å². The standard InChI is InChI=1S/C20H16BrN3O.2C2H6/c1-13-10-15(21)12-17-19(13)22-18(23-20(17)25)11-14-4-6-16(7-5-14)24-8-2-3-9-24;2*1-2/h2-10,12H,11H2,1H3,(H,22,23,25);2*1-2H3. The molecule has 0 saturated carbocycles. The third-order valence-corrected chi connectivity index (χ3v) is 4.68. The van der Waals surface area contributed by atoms with Crippen molar-refractivity contribution >= 4 is 26.8 Å². The van der Waals surface area contributed by atoms with Gasteiger partial charge in [-0.3, -0.25) is 4.79 Å². The lowest BCUT2D eigenvalue weighted by atomic mass is 10.1. The van der Waals surface area contributed by atoms with E-state index in [4.69, 9.17) is 0 Å². The van der Waals surface area contributed by atoms with E-state index in [0.717, 1.165) is 26.8 Å². The number of benzene rings is 2. The van der Waals surface area contributed by atoms with Crippen molar-refractivity contribution in [2.45, 2.75) is 41.0 Å². The maximum atomic E-state index is 12.4. The Morgan fingerprint density at radius 3 is 2.24 bits per heavy atom. The predicted molar refractivity (Wildman–Crippen MR) is 126 cm³/mol. The summed E-state index contributed by atoms with van der Waals surface area (Å²) in [5.74, 6) is 0.677. The Labute approximate surface area is 180 Å². The van der Waals surface area contributed by atoms with Crippen molar-refractivity contribution in [2.75, 3.05) is 0 Å². The molecular weight excluding hydrogens is 426 g/mol. The van der Waals surface area contributed by atoms with Gasteiger partial charge < -0.3 is 9.55 Å². The average Bonchev–Trinajstić information content (AvgIpc) is 3.27. The minimum absolute atomic E-state index is 0.103. The molecule has 1 N–H and O–H groups in total. The number of H-pyrrole nitrogens is 1. The van der Waals surface area contributed by atoms with Crippen molar-refractivity contribution < 1.29 is 0 Å². The Balaban J connectivity index is 0.000000707. The molecule has 2 aromatic heterocycles. The number of halogens is 1. The zero-order valence-electron chi connectivity index (χ0n) is 17.7. The van der Waals surface area contributed by atoms with Crippen LogP contribution in [0.1, 0.15) is 44.6 Å². The van der Waals surface area contributed by atoms with Gasteiger partial charge in [-0.25, -0.2) is 4.98 Å². The number of rotatable bonds is 3. The van der Waals surface area contributed by atoms with Crippen LogP contribution in [-0.2, 0) is 6.42 Å². The largest absolute Gasteiger partial charge is 0.324 e. The Kier molecular flexibility index (Phi) is 8.40. The lowest BCUT2D eigenvalue weighted by Gasteiger charge is -2.07. The Morgan fingerprint density at radius 2 is 1.62 bits per heavy atom. The number of hydrogen-bond donors (Lipinski definition) is 1. The van der Waals surface area contributed by atoms with E-state index in [0.29, 0.717) is 17.6 Å². The van der Waals surface area contributed by atoms with Gasteiger partial charge in [-0.05, 0) is 54.4 Å². The molecule has 4 nitrogen and oxygen atoms in total. The number of aromatic nitrogens is 3. The van der Waals surface area contributed by atoms with E-state index in [-0.39, 0.29) is 5.56 Å². The highest BCUT2D eigenvalue weighted by atomic mass is 79.9. The quantitative estimate of drug-likeness (QED) is 0.388. The maximum absolute atomic E-state index is 12.4. The van der Waals surface area contributed by atoms with E-state index >= 15 is 0 Å². The smallest absolute Gasteiger partial charge is 0.258 e. The van der Waals surface area contributed by atoms with Crippen molar-refractivity contribution in [2.24, 2.45) is 0 Å². The first kappa shape index (κ1) is 22.6. The highest BCUT2D eigenvalue weighted by Crippen LogP contribution is 2.20. The van der Waals surface area contributed by atoms with Crippen molar-refractivity contribution in [3.05, 3.63) is 92.7 Å². The summed E-state index contributed by atoms with van der Waals surface area (Å²) in [5.41, 5.74) is 3.85. The van der Waals surface area contributed by atoms with E-state index in [1.807, 2.05) is 71.3 Å². The van der Waals surface area contributed by atoms with Crippen LogP contribution in [0.3, 0.4) is 0 Å². The van der Waals surface area contributed by atoms with E-state index in [1.54, 1.807) is 0 Å². The molecular formula is C24H28BrN3O. The molecule has 4 rings (SSSR count). The molecule has 0 amide bonds. The summed E-state index contributed by atoms with van der Waals surface area (Å²) in [6.45, 7) is 9.97. The minimum atomic E-state index is -0.103. The minimum Gasteiger partial charge on any atom is -0.324 e. The highest BCUT2D eigenvalue weighted by Gasteiger charge is 2.08. The first-order chi connectivity index (χ1) is 14.1. The summed E-state index contributed by atoms with van der Waals surface area (Å²) < 4.78 is 2.94. The third-order valence-electron chi connectivity index (χ3n) is 4.22. The molecule has 0 spiro atoms. The van der Waals surface area contributed by atoms with Crippen LogP contribution in [0, 0.1) is 6.92 Å². The topological polar surface area (TPSA) is 50.7 Å². The fourth-order valence-corrected chi connectivity index (χ4v) is 3.56. The zero-order valence-corrected chi connectivity index (χ0v) is 19.2.